The van der Waals surface area contributed by atoms with E-state index in [0.29, 0.717) is 17.9 Å². The molecule has 3 aromatic rings. The Morgan fingerprint density at radius 1 is 1.00 bits per heavy atom. The summed E-state index contributed by atoms with van der Waals surface area (Å²) in [4.78, 5) is 32.0. The third-order valence-corrected chi connectivity index (χ3v) is 3.69. The zero-order chi connectivity index (χ0) is 19.9. The predicted molar refractivity (Wildman–Crippen MR) is 102 cm³/mol. The Bertz CT molecular complexity index is 976. The third kappa shape index (κ3) is 4.67. The smallest absolute Gasteiger partial charge is 0.338 e. The largest absolute Gasteiger partial charge is 0.462 e. The van der Waals surface area contributed by atoms with E-state index in [1.165, 1.54) is 30.6 Å². The lowest BCUT2D eigenvalue weighted by atomic mass is 10.2. The molecule has 2 N–H and O–H groups in total. The molecule has 2 aromatic carbocycles. The van der Waals surface area contributed by atoms with Gasteiger partial charge in [0, 0.05) is 18.1 Å². The first-order valence-electron chi connectivity index (χ1n) is 8.49. The molecule has 0 aliphatic carbocycles. The number of halogens is 1. The molecule has 7 nitrogen and oxygen atoms in total. The van der Waals surface area contributed by atoms with Crippen LogP contribution in [0.5, 0.6) is 0 Å². The number of benzene rings is 2. The maximum absolute atomic E-state index is 13.6. The van der Waals surface area contributed by atoms with Gasteiger partial charge in [-0.2, -0.15) is 0 Å². The van der Waals surface area contributed by atoms with E-state index >= 15 is 0 Å². The number of esters is 1. The van der Waals surface area contributed by atoms with Gasteiger partial charge in [0.2, 0.25) is 5.95 Å². The topological polar surface area (TPSA) is 93.2 Å². The highest BCUT2D eigenvalue weighted by molar-refractivity contribution is 6.04. The Hall–Kier alpha value is -3.81. The molecule has 1 aromatic heterocycles. The summed E-state index contributed by atoms with van der Waals surface area (Å²) in [7, 11) is 0. The van der Waals surface area contributed by atoms with Crippen LogP contribution in [0, 0.1) is 5.82 Å². The van der Waals surface area contributed by atoms with Gasteiger partial charge in [0.15, 0.2) is 0 Å². The SMILES string of the molecule is CCOC(=O)c1ccc(Nc2ncc(C(=O)Nc3ccccc3F)cn2)cc1. The highest BCUT2D eigenvalue weighted by Crippen LogP contribution is 2.16. The van der Waals surface area contributed by atoms with E-state index in [1.54, 1.807) is 37.3 Å². The number of nitrogens with zero attached hydrogens (tertiary/aromatic N) is 2. The van der Waals surface area contributed by atoms with E-state index in [2.05, 4.69) is 20.6 Å². The maximum Gasteiger partial charge on any atom is 0.338 e. The molecule has 0 atom stereocenters. The fourth-order valence-electron chi connectivity index (χ4n) is 2.30. The second-order valence-electron chi connectivity index (χ2n) is 5.65. The molecule has 28 heavy (non-hydrogen) atoms. The molecule has 1 amide bonds. The van der Waals surface area contributed by atoms with E-state index in [4.69, 9.17) is 4.74 Å². The Labute approximate surface area is 160 Å². The molecule has 0 bridgehead atoms. The minimum atomic E-state index is -0.527. The fourth-order valence-corrected chi connectivity index (χ4v) is 2.30. The number of nitrogens with one attached hydrogen (secondary N) is 2. The lowest BCUT2D eigenvalue weighted by molar-refractivity contribution is 0.0526. The van der Waals surface area contributed by atoms with Crippen LogP contribution in [0.4, 0.5) is 21.7 Å². The lowest BCUT2D eigenvalue weighted by Crippen LogP contribution is -2.14. The molecular formula is C20H17FN4O3. The van der Waals surface area contributed by atoms with Crippen LogP contribution < -0.4 is 10.6 Å². The molecule has 142 valence electrons. The van der Waals surface area contributed by atoms with Crippen LogP contribution in [0.15, 0.2) is 60.9 Å². The van der Waals surface area contributed by atoms with Gasteiger partial charge in [-0.05, 0) is 43.3 Å². The third-order valence-electron chi connectivity index (χ3n) is 3.69. The minimum Gasteiger partial charge on any atom is -0.462 e. The number of carbonyl (C=O) groups is 2. The van der Waals surface area contributed by atoms with Crippen molar-refractivity contribution in [2.24, 2.45) is 0 Å². The van der Waals surface area contributed by atoms with Crippen molar-refractivity contribution in [2.75, 3.05) is 17.2 Å². The first-order valence-corrected chi connectivity index (χ1v) is 8.49. The predicted octanol–water partition coefficient (Wildman–Crippen LogP) is 3.79. The second kappa shape index (κ2) is 8.72. The average molecular weight is 380 g/mol. The number of hydrogen-bond acceptors (Lipinski definition) is 6. The van der Waals surface area contributed by atoms with Crippen LogP contribution in [0.2, 0.25) is 0 Å². The van der Waals surface area contributed by atoms with Gasteiger partial charge in [-0.3, -0.25) is 4.79 Å². The quantitative estimate of drug-likeness (QED) is 0.632. The number of rotatable bonds is 6. The number of aromatic nitrogens is 2. The molecule has 0 saturated heterocycles. The van der Waals surface area contributed by atoms with Crippen LogP contribution in [-0.2, 0) is 4.74 Å². The summed E-state index contributed by atoms with van der Waals surface area (Å²) in [5.41, 5.74) is 1.37. The summed E-state index contributed by atoms with van der Waals surface area (Å²) in [6, 6.07) is 12.5. The van der Waals surface area contributed by atoms with Gasteiger partial charge in [0.05, 0.1) is 23.4 Å². The second-order valence-corrected chi connectivity index (χ2v) is 5.65. The van der Waals surface area contributed by atoms with Gasteiger partial charge < -0.3 is 15.4 Å². The van der Waals surface area contributed by atoms with Crippen molar-refractivity contribution in [3.63, 3.8) is 0 Å². The van der Waals surface area contributed by atoms with E-state index < -0.39 is 17.7 Å². The number of anilines is 3. The molecule has 0 fully saturated rings. The van der Waals surface area contributed by atoms with Gasteiger partial charge in [-0.25, -0.2) is 19.2 Å². The molecule has 0 radical (unpaired) electrons. The molecule has 0 unspecified atom stereocenters. The highest BCUT2D eigenvalue weighted by Gasteiger charge is 2.11. The van der Waals surface area contributed by atoms with Crippen LogP contribution in [0.3, 0.4) is 0 Å². The van der Waals surface area contributed by atoms with E-state index in [9.17, 15) is 14.0 Å². The average Bonchev–Trinajstić information content (AvgIpc) is 2.71. The monoisotopic (exact) mass is 380 g/mol. The maximum atomic E-state index is 13.6. The molecule has 0 spiro atoms. The van der Waals surface area contributed by atoms with E-state index in [0.717, 1.165) is 0 Å². The van der Waals surface area contributed by atoms with Crippen molar-refractivity contribution < 1.29 is 18.7 Å². The van der Waals surface area contributed by atoms with Gasteiger partial charge in [0.25, 0.3) is 5.91 Å². The lowest BCUT2D eigenvalue weighted by Gasteiger charge is -2.08. The molecule has 3 rings (SSSR count). The fraction of sp³-hybridized carbons (Fsp3) is 0.100. The summed E-state index contributed by atoms with van der Waals surface area (Å²) < 4.78 is 18.5. The van der Waals surface area contributed by atoms with Gasteiger partial charge in [0.1, 0.15) is 5.82 Å². The summed E-state index contributed by atoms with van der Waals surface area (Å²) in [5, 5.41) is 5.43. The van der Waals surface area contributed by atoms with Gasteiger partial charge in [-0.1, -0.05) is 12.1 Å². The Kier molecular flexibility index (Phi) is 5.91. The zero-order valence-corrected chi connectivity index (χ0v) is 15.0. The summed E-state index contributed by atoms with van der Waals surface area (Å²) in [6.45, 7) is 2.05. The van der Waals surface area contributed by atoms with Crippen LogP contribution in [0.1, 0.15) is 27.6 Å². The Morgan fingerprint density at radius 3 is 2.32 bits per heavy atom. The van der Waals surface area contributed by atoms with Gasteiger partial charge in [-0.15, -0.1) is 0 Å². The normalized spacial score (nSPS) is 10.2. The number of amides is 1. The number of para-hydroxylation sites is 1. The van der Waals surface area contributed by atoms with Crippen molar-refractivity contribution in [2.45, 2.75) is 6.92 Å². The van der Waals surface area contributed by atoms with Crippen LogP contribution in [0.25, 0.3) is 0 Å². The number of ether oxygens (including phenoxy) is 1. The van der Waals surface area contributed by atoms with E-state index in [-0.39, 0.29) is 17.2 Å². The van der Waals surface area contributed by atoms with Crippen molar-refractivity contribution in [1.82, 2.24) is 9.97 Å². The van der Waals surface area contributed by atoms with Crippen LogP contribution >= 0.6 is 0 Å². The highest BCUT2D eigenvalue weighted by atomic mass is 19.1. The van der Waals surface area contributed by atoms with Crippen molar-refractivity contribution in [3.05, 3.63) is 77.9 Å². The number of hydrogen-bond donors (Lipinski definition) is 2. The Balaban J connectivity index is 1.63. The van der Waals surface area contributed by atoms with Crippen LogP contribution in [-0.4, -0.2) is 28.5 Å². The standard InChI is InChI=1S/C20H17FN4O3/c1-2-28-19(27)13-7-9-15(10-8-13)24-20-22-11-14(12-23-20)18(26)25-17-6-4-3-5-16(17)21/h3-12H,2H2,1H3,(H,25,26)(H,22,23,24). The first-order chi connectivity index (χ1) is 13.6. The minimum absolute atomic E-state index is 0.0800. The van der Waals surface area contributed by atoms with Crippen molar-refractivity contribution in [1.29, 1.82) is 0 Å². The summed E-state index contributed by atoms with van der Waals surface area (Å²) in [6.07, 6.45) is 2.66. The zero-order valence-electron chi connectivity index (χ0n) is 15.0. The molecule has 0 saturated carbocycles. The summed E-state index contributed by atoms with van der Waals surface area (Å²) in [5.74, 6) is -1.17. The summed E-state index contributed by atoms with van der Waals surface area (Å²) >= 11 is 0. The number of carbonyl (C=O) groups excluding carboxylic acids is 2. The first kappa shape index (κ1) is 19.0. The van der Waals surface area contributed by atoms with Crippen molar-refractivity contribution in [3.8, 4) is 0 Å². The molecule has 0 aliphatic rings. The van der Waals surface area contributed by atoms with E-state index in [1.807, 2.05) is 0 Å². The molecule has 0 aliphatic heterocycles. The Morgan fingerprint density at radius 2 is 1.68 bits per heavy atom. The molecule has 1 heterocycles. The van der Waals surface area contributed by atoms with Gasteiger partial charge >= 0.3 is 5.97 Å². The molecule has 8 heteroatoms. The molecular weight excluding hydrogens is 363 g/mol. The van der Waals surface area contributed by atoms with Crippen molar-refractivity contribution >= 4 is 29.2 Å².